The second-order valence-electron chi connectivity index (χ2n) is 7.77. The summed E-state index contributed by atoms with van der Waals surface area (Å²) in [6.07, 6.45) is 6.77. The number of hydrogen-bond acceptors (Lipinski definition) is 2. The van der Waals surface area contributed by atoms with Crippen molar-refractivity contribution >= 4 is 12.0 Å². The zero-order valence-corrected chi connectivity index (χ0v) is 13.0. The van der Waals surface area contributed by atoms with Crippen molar-refractivity contribution in [3.63, 3.8) is 0 Å². The van der Waals surface area contributed by atoms with Crippen molar-refractivity contribution in [1.29, 1.82) is 0 Å². The molecule has 3 rings (SSSR count). The highest BCUT2D eigenvalue weighted by Gasteiger charge is 2.51. The molecule has 0 spiro atoms. The largest absolute Gasteiger partial charge is 0.481 e. The van der Waals surface area contributed by atoms with Gasteiger partial charge in [-0.2, -0.15) is 0 Å². The van der Waals surface area contributed by atoms with Crippen molar-refractivity contribution in [1.82, 2.24) is 10.2 Å². The second kappa shape index (κ2) is 5.18. The number of carboxylic acid groups (broad SMARTS) is 1. The van der Waals surface area contributed by atoms with Gasteiger partial charge in [-0.05, 0) is 50.4 Å². The predicted molar refractivity (Wildman–Crippen MR) is 79.0 cm³/mol. The SMILES string of the molecule is CC1(C)CCC(NC(=O)N2C3CCC2C(C(=O)O)C3)CC1. The minimum Gasteiger partial charge on any atom is -0.481 e. The maximum absolute atomic E-state index is 12.5. The van der Waals surface area contributed by atoms with Crippen molar-refractivity contribution < 1.29 is 14.7 Å². The van der Waals surface area contributed by atoms with Crippen LogP contribution in [0, 0.1) is 11.3 Å². The average molecular weight is 294 g/mol. The molecule has 2 amide bonds. The Hall–Kier alpha value is -1.26. The van der Waals surface area contributed by atoms with Crippen LogP contribution in [0.25, 0.3) is 0 Å². The molecule has 3 fully saturated rings. The van der Waals surface area contributed by atoms with Crippen LogP contribution in [0.2, 0.25) is 0 Å². The van der Waals surface area contributed by atoms with E-state index in [0.717, 1.165) is 38.5 Å². The van der Waals surface area contributed by atoms with Crippen molar-refractivity contribution in [2.45, 2.75) is 76.9 Å². The summed E-state index contributed by atoms with van der Waals surface area (Å²) >= 11 is 0. The molecule has 0 aromatic carbocycles. The van der Waals surface area contributed by atoms with Gasteiger partial charge in [0.05, 0.1) is 5.92 Å². The third kappa shape index (κ3) is 2.74. The first-order valence-corrected chi connectivity index (χ1v) is 8.19. The van der Waals surface area contributed by atoms with Crippen LogP contribution in [0.4, 0.5) is 4.79 Å². The molecule has 0 aromatic heterocycles. The molecule has 5 nitrogen and oxygen atoms in total. The van der Waals surface area contributed by atoms with E-state index in [-0.39, 0.29) is 30.1 Å². The van der Waals surface area contributed by atoms with Gasteiger partial charge in [-0.3, -0.25) is 4.79 Å². The number of carbonyl (C=O) groups excluding carboxylic acids is 1. The van der Waals surface area contributed by atoms with Crippen molar-refractivity contribution in [3.8, 4) is 0 Å². The van der Waals surface area contributed by atoms with E-state index in [2.05, 4.69) is 19.2 Å². The van der Waals surface area contributed by atoms with Crippen LogP contribution < -0.4 is 5.32 Å². The van der Waals surface area contributed by atoms with Gasteiger partial charge >= 0.3 is 12.0 Å². The molecular weight excluding hydrogens is 268 g/mol. The van der Waals surface area contributed by atoms with Gasteiger partial charge < -0.3 is 15.3 Å². The highest BCUT2D eigenvalue weighted by atomic mass is 16.4. The Kier molecular flexibility index (Phi) is 3.62. The standard InChI is InChI=1S/C16H26N2O3/c1-16(2)7-5-10(6-8-16)17-15(21)18-11-3-4-13(18)12(9-11)14(19)20/h10-13H,3-9H2,1-2H3,(H,17,21)(H,19,20). The molecule has 2 saturated heterocycles. The molecule has 2 bridgehead atoms. The van der Waals surface area contributed by atoms with Crippen molar-refractivity contribution in [2.24, 2.45) is 11.3 Å². The van der Waals surface area contributed by atoms with E-state index in [4.69, 9.17) is 0 Å². The topological polar surface area (TPSA) is 69.6 Å². The fourth-order valence-corrected chi connectivity index (χ4v) is 4.36. The van der Waals surface area contributed by atoms with E-state index in [0.29, 0.717) is 11.8 Å². The van der Waals surface area contributed by atoms with Gasteiger partial charge in [-0.1, -0.05) is 13.8 Å². The summed E-state index contributed by atoms with van der Waals surface area (Å²) in [6.45, 7) is 4.56. The Labute approximate surface area is 126 Å². The van der Waals surface area contributed by atoms with Gasteiger partial charge in [-0.15, -0.1) is 0 Å². The summed E-state index contributed by atoms with van der Waals surface area (Å²) in [4.78, 5) is 25.6. The number of amides is 2. The molecule has 0 aromatic rings. The molecule has 2 heterocycles. The van der Waals surface area contributed by atoms with Crippen LogP contribution in [0.3, 0.4) is 0 Å². The first-order valence-electron chi connectivity index (χ1n) is 8.19. The summed E-state index contributed by atoms with van der Waals surface area (Å²) in [6, 6.07) is 0.272. The number of rotatable bonds is 2. The molecule has 0 radical (unpaired) electrons. The fraction of sp³-hybridized carbons (Fsp3) is 0.875. The summed E-state index contributed by atoms with van der Waals surface area (Å²) in [5.41, 5.74) is 0.391. The van der Waals surface area contributed by atoms with Gasteiger partial charge in [0.2, 0.25) is 0 Å². The number of carbonyl (C=O) groups is 2. The number of aliphatic carboxylic acids is 1. The van der Waals surface area contributed by atoms with Gasteiger partial charge in [0.1, 0.15) is 0 Å². The van der Waals surface area contributed by atoms with Gasteiger partial charge in [-0.25, -0.2) is 4.79 Å². The summed E-state index contributed by atoms with van der Waals surface area (Å²) < 4.78 is 0. The molecule has 3 atom stereocenters. The molecule has 21 heavy (non-hydrogen) atoms. The van der Waals surface area contributed by atoms with Crippen LogP contribution in [-0.4, -0.2) is 40.1 Å². The van der Waals surface area contributed by atoms with Gasteiger partial charge in [0.15, 0.2) is 0 Å². The maximum atomic E-state index is 12.5. The lowest BCUT2D eigenvalue weighted by Gasteiger charge is -2.35. The van der Waals surface area contributed by atoms with E-state index < -0.39 is 5.97 Å². The quantitative estimate of drug-likeness (QED) is 0.822. The maximum Gasteiger partial charge on any atom is 0.318 e. The Morgan fingerprint density at radius 3 is 2.38 bits per heavy atom. The number of carboxylic acids is 1. The Bertz CT molecular complexity index is 439. The third-order valence-corrected chi connectivity index (χ3v) is 5.76. The van der Waals surface area contributed by atoms with E-state index in [1.165, 1.54) is 0 Å². The van der Waals surface area contributed by atoms with E-state index in [9.17, 15) is 14.7 Å². The molecule has 3 aliphatic rings. The Balaban J connectivity index is 1.58. The molecule has 1 saturated carbocycles. The van der Waals surface area contributed by atoms with Gasteiger partial charge in [0, 0.05) is 18.1 Å². The van der Waals surface area contributed by atoms with Crippen LogP contribution in [0.1, 0.15) is 58.8 Å². The first kappa shape index (κ1) is 14.7. The van der Waals surface area contributed by atoms with Crippen LogP contribution in [-0.2, 0) is 4.79 Å². The van der Waals surface area contributed by atoms with Gasteiger partial charge in [0.25, 0.3) is 0 Å². The highest BCUT2D eigenvalue weighted by Crippen LogP contribution is 2.42. The second-order valence-corrected chi connectivity index (χ2v) is 7.77. The molecule has 5 heteroatoms. The Morgan fingerprint density at radius 2 is 1.81 bits per heavy atom. The minimum absolute atomic E-state index is 0.0315. The van der Waals surface area contributed by atoms with Crippen molar-refractivity contribution in [3.05, 3.63) is 0 Å². The molecule has 1 aliphatic carbocycles. The number of urea groups is 1. The fourth-order valence-electron chi connectivity index (χ4n) is 4.36. The van der Waals surface area contributed by atoms with E-state index >= 15 is 0 Å². The lowest BCUT2D eigenvalue weighted by molar-refractivity contribution is -0.142. The lowest BCUT2D eigenvalue weighted by atomic mass is 9.75. The minimum atomic E-state index is -0.751. The first-order chi connectivity index (χ1) is 9.87. The summed E-state index contributed by atoms with van der Waals surface area (Å²) in [7, 11) is 0. The van der Waals surface area contributed by atoms with E-state index in [1.54, 1.807) is 0 Å². The number of fused-ring (bicyclic) bond motifs is 2. The van der Waals surface area contributed by atoms with Crippen molar-refractivity contribution in [2.75, 3.05) is 0 Å². The van der Waals surface area contributed by atoms with Crippen LogP contribution >= 0.6 is 0 Å². The molecule has 2 N–H and O–H groups in total. The third-order valence-electron chi connectivity index (χ3n) is 5.76. The Morgan fingerprint density at radius 1 is 1.14 bits per heavy atom. The zero-order valence-electron chi connectivity index (χ0n) is 13.0. The summed E-state index contributed by atoms with van der Waals surface area (Å²) in [5.74, 6) is -1.11. The highest BCUT2D eigenvalue weighted by molar-refractivity contribution is 5.79. The molecule has 3 unspecified atom stereocenters. The number of nitrogens with one attached hydrogen (secondary N) is 1. The molecular formula is C16H26N2O3. The predicted octanol–water partition coefficient (Wildman–Crippen LogP) is 2.60. The zero-order chi connectivity index (χ0) is 15.2. The smallest absolute Gasteiger partial charge is 0.318 e. The number of nitrogens with zero attached hydrogens (tertiary/aromatic N) is 1. The average Bonchev–Trinajstić information content (AvgIpc) is 2.98. The van der Waals surface area contributed by atoms with Crippen LogP contribution in [0.15, 0.2) is 0 Å². The monoisotopic (exact) mass is 294 g/mol. The lowest BCUT2D eigenvalue weighted by Crippen LogP contribution is -2.49. The normalized spacial score (nSPS) is 35.0. The van der Waals surface area contributed by atoms with E-state index in [1.807, 2.05) is 4.90 Å². The summed E-state index contributed by atoms with van der Waals surface area (Å²) in [5, 5.41) is 12.4. The molecule has 2 aliphatic heterocycles. The number of hydrogen-bond donors (Lipinski definition) is 2. The van der Waals surface area contributed by atoms with Crippen LogP contribution in [0.5, 0.6) is 0 Å². The molecule has 118 valence electrons.